The number of carbonyl (C=O) groups excluding carboxylic acids is 2. The highest BCUT2D eigenvalue weighted by Crippen LogP contribution is 2.17. The third-order valence-corrected chi connectivity index (χ3v) is 4.53. The van der Waals surface area contributed by atoms with E-state index in [4.69, 9.17) is 4.74 Å². The number of ether oxygens (including phenoxy) is 1. The van der Waals surface area contributed by atoms with Crippen LogP contribution in [-0.4, -0.2) is 31.1 Å². The van der Waals surface area contributed by atoms with E-state index in [1.165, 1.54) is 0 Å². The smallest absolute Gasteiger partial charge is 0.255 e. The fraction of sp³-hybridized carbons (Fsp3) is 0.333. The lowest BCUT2D eigenvalue weighted by atomic mass is 10.1. The average molecular weight is 352 g/mol. The van der Waals surface area contributed by atoms with Gasteiger partial charge in [-0.15, -0.1) is 0 Å². The Hall–Kier alpha value is -2.66. The topological polar surface area (TPSA) is 67.4 Å². The first-order valence-electron chi connectivity index (χ1n) is 8.91. The van der Waals surface area contributed by atoms with E-state index in [9.17, 15) is 9.59 Å². The summed E-state index contributed by atoms with van der Waals surface area (Å²) in [5, 5.41) is 5.78. The van der Waals surface area contributed by atoms with Crippen LogP contribution in [0.5, 0.6) is 0 Å². The Bertz CT molecular complexity index is 811. The van der Waals surface area contributed by atoms with Crippen LogP contribution in [-0.2, 0) is 4.74 Å². The van der Waals surface area contributed by atoms with Gasteiger partial charge in [0.2, 0.25) is 0 Å². The molecule has 0 aliphatic carbocycles. The van der Waals surface area contributed by atoms with E-state index in [2.05, 4.69) is 10.6 Å². The predicted molar refractivity (Wildman–Crippen MR) is 102 cm³/mol. The molecule has 2 amide bonds. The fourth-order valence-electron chi connectivity index (χ4n) is 3.06. The highest BCUT2D eigenvalue weighted by Gasteiger charge is 2.17. The Morgan fingerprint density at radius 2 is 1.85 bits per heavy atom. The number of carbonyl (C=O) groups is 2. The summed E-state index contributed by atoms with van der Waals surface area (Å²) in [6.07, 6.45) is 2.10. The van der Waals surface area contributed by atoms with Crippen LogP contribution in [0.4, 0.5) is 5.69 Å². The van der Waals surface area contributed by atoms with Crippen LogP contribution in [0.25, 0.3) is 0 Å². The summed E-state index contributed by atoms with van der Waals surface area (Å²) in [4.78, 5) is 24.9. The molecule has 1 atom stereocenters. The molecule has 0 bridgehead atoms. The van der Waals surface area contributed by atoms with Crippen molar-refractivity contribution in [2.45, 2.75) is 32.8 Å². The van der Waals surface area contributed by atoms with Gasteiger partial charge in [-0.1, -0.05) is 23.8 Å². The number of amides is 2. The number of nitrogens with one attached hydrogen (secondary N) is 2. The molecule has 1 aliphatic rings. The molecule has 0 saturated carbocycles. The van der Waals surface area contributed by atoms with Crippen LogP contribution < -0.4 is 10.6 Å². The van der Waals surface area contributed by atoms with E-state index < -0.39 is 0 Å². The maximum atomic E-state index is 12.5. The van der Waals surface area contributed by atoms with Gasteiger partial charge >= 0.3 is 0 Å². The van der Waals surface area contributed by atoms with Gasteiger partial charge in [0, 0.05) is 30.0 Å². The van der Waals surface area contributed by atoms with E-state index in [1.807, 2.05) is 32.0 Å². The molecule has 1 saturated heterocycles. The molecule has 2 aromatic rings. The van der Waals surface area contributed by atoms with E-state index in [0.29, 0.717) is 17.7 Å². The molecule has 5 heteroatoms. The lowest BCUT2D eigenvalue weighted by Gasteiger charge is -2.12. The maximum absolute atomic E-state index is 12.5. The van der Waals surface area contributed by atoms with Crippen molar-refractivity contribution >= 4 is 17.5 Å². The molecule has 3 rings (SSSR count). The molecule has 1 unspecified atom stereocenters. The van der Waals surface area contributed by atoms with Crippen molar-refractivity contribution in [1.29, 1.82) is 0 Å². The van der Waals surface area contributed by atoms with Crippen molar-refractivity contribution in [3.63, 3.8) is 0 Å². The molecule has 1 fully saturated rings. The molecule has 136 valence electrons. The first-order chi connectivity index (χ1) is 12.5. The molecule has 0 spiro atoms. The van der Waals surface area contributed by atoms with E-state index in [0.717, 1.165) is 36.3 Å². The Kier molecular flexibility index (Phi) is 5.68. The normalized spacial score (nSPS) is 16.3. The minimum atomic E-state index is -0.231. The zero-order chi connectivity index (χ0) is 18.5. The molecule has 26 heavy (non-hydrogen) atoms. The number of benzene rings is 2. The number of anilines is 1. The van der Waals surface area contributed by atoms with Gasteiger partial charge in [-0.2, -0.15) is 0 Å². The summed E-state index contributed by atoms with van der Waals surface area (Å²) in [6, 6.07) is 12.6. The molecule has 1 aliphatic heterocycles. The summed E-state index contributed by atoms with van der Waals surface area (Å²) >= 11 is 0. The summed E-state index contributed by atoms with van der Waals surface area (Å²) in [6.45, 7) is 5.22. The van der Waals surface area contributed by atoms with Crippen LogP contribution in [0.15, 0.2) is 42.5 Å². The van der Waals surface area contributed by atoms with Crippen LogP contribution in [0.1, 0.15) is 44.7 Å². The molecular formula is C21H24N2O3. The van der Waals surface area contributed by atoms with Gasteiger partial charge in [-0.3, -0.25) is 9.59 Å². The quantitative estimate of drug-likeness (QED) is 0.866. The lowest BCUT2D eigenvalue weighted by molar-refractivity contribution is 0.0858. The summed E-state index contributed by atoms with van der Waals surface area (Å²) < 4.78 is 5.51. The number of hydrogen-bond donors (Lipinski definition) is 2. The Morgan fingerprint density at radius 3 is 2.54 bits per heavy atom. The molecule has 1 heterocycles. The summed E-state index contributed by atoms with van der Waals surface area (Å²) in [5.41, 5.74) is 3.84. The zero-order valence-electron chi connectivity index (χ0n) is 15.2. The van der Waals surface area contributed by atoms with Gasteiger partial charge < -0.3 is 15.4 Å². The fourth-order valence-corrected chi connectivity index (χ4v) is 3.06. The van der Waals surface area contributed by atoms with Crippen molar-refractivity contribution in [2.24, 2.45) is 0 Å². The van der Waals surface area contributed by atoms with Gasteiger partial charge in [0.25, 0.3) is 11.8 Å². The third kappa shape index (κ3) is 4.49. The molecule has 2 N–H and O–H groups in total. The average Bonchev–Trinajstić information content (AvgIpc) is 3.15. The summed E-state index contributed by atoms with van der Waals surface area (Å²) in [5.74, 6) is -0.424. The SMILES string of the molecule is Cc1ccc(NC(=O)c2cccc(C(=O)NCC3CCCO3)c2)c(C)c1. The number of rotatable bonds is 5. The van der Waals surface area contributed by atoms with Crippen LogP contribution in [0, 0.1) is 13.8 Å². The third-order valence-electron chi connectivity index (χ3n) is 4.53. The molecule has 2 aromatic carbocycles. The second-order valence-corrected chi connectivity index (χ2v) is 6.70. The van der Waals surface area contributed by atoms with E-state index in [1.54, 1.807) is 24.3 Å². The van der Waals surface area contributed by atoms with E-state index in [-0.39, 0.29) is 17.9 Å². The first kappa shape index (κ1) is 18.1. The highest BCUT2D eigenvalue weighted by atomic mass is 16.5. The minimum Gasteiger partial charge on any atom is -0.376 e. The minimum absolute atomic E-state index is 0.0925. The summed E-state index contributed by atoms with van der Waals surface area (Å²) in [7, 11) is 0. The van der Waals surface area contributed by atoms with E-state index >= 15 is 0 Å². The van der Waals surface area contributed by atoms with Crippen LogP contribution in [0.2, 0.25) is 0 Å². The van der Waals surface area contributed by atoms with Crippen molar-refractivity contribution in [1.82, 2.24) is 5.32 Å². The van der Waals surface area contributed by atoms with Gasteiger partial charge in [0.05, 0.1) is 6.10 Å². The van der Waals surface area contributed by atoms with Crippen LogP contribution >= 0.6 is 0 Å². The Balaban J connectivity index is 1.65. The molecule has 5 nitrogen and oxygen atoms in total. The van der Waals surface area contributed by atoms with Gasteiger partial charge in [-0.05, 0) is 56.5 Å². The number of aryl methyl sites for hydroxylation is 2. The zero-order valence-corrected chi connectivity index (χ0v) is 15.2. The first-order valence-corrected chi connectivity index (χ1v) is 8.91. The monoisotopic (exact) mass is 352 g/mol. The van der Waals surface area contributed by atoms with Gasteiger partial charge in [-0.25, -0.2) is 0 Å². The van der Waals surface area contributed by atoms with Crippen molar-refractivity contribution in [2.75, 3.05) is 18.5 Å². The standard InChI is InChI=1S/C21H24N2O3/c1-14-8-9-19(15(2)11-14)23-21(25)17-6-3-5-16(12-17)20(24)22-13-18-7-4-10-26-18/h3,5-6,8-9,11-12,18H,4,7,10,13H2,1-2H3,(H,22,24)(H,23,25). The Morgan fingerprint density at radius 1 is 1.08 bits per heavy atom. The predicted octanol–water partition coefficient (Wildman–Crippen LogP) is 3.46. The largest absolute Gasteiger partial charge is 0.376 e. The van der Waals surface area contributed by atoms with Crippen molar-refractivity contribution < 1.29 is 14.3 Å². The second kappa shape index (κ2) is 8.15. The van der Waals surface area contributed by atoms with Gasteiger partial charge in [0.1, 0.15) is 0 Å². The van der Waals surface area contributed by atoms with Crippen molar-refractivity contribution in [3.8, 4) is 0 Å². The lowest BCUT2D eigenvalue weighted by Crippen LogP contribution is -2.31. The van der Waals surface area contributed by atoms with Crippen molar-refractivity contribution in [3.05, 3.63) is 64.7 Å². The molecular weight excluding hydrogens is 328 g/mol. The maximum Gasteiger partial charge on any atom is 0.255 e. The second-order valence-electron chi connectivity index (χ2n) is 6.70. The molecule has 0 aromatic heterocycles. The molecule has 0 radical (unpaired) electrons. The number of hydrogen-bond acceptors (Lipinski definition) is 3. The van der Waals surface area contributed by atoms with Gasteiger partial charge in [0.15, 0.2) is 0 Å². The Labute approximate surface area is 153 Å². The van der Waals surface area contributed by atoms with Crippen LogP contribution in [0.3, 0.4) is 0 Å². The highest BCUT2D eigenvalue weighted by molar-refractivity contribution is 6.06.